The number of alkyl halides is 3. The number of carboxylic acid groups (broad SMARTS) is 1. The van der Waals surface area contributed by atoms with Gasteiger partial charge in [0.25, 0.3) is 0 Å². The number of hydrogen-bond donors (Lipinski definition) is 2. The van der Waals surface area contributed by atoms with Crippen molar-refractivity contribution < 1.29 is 37.1 Å². The highest BCUT2D eigenvalue weighted by atomic mass is 19.4. The van der Waals surface area contributed by atoms with Gasteiger partial charge in [-0.25, -0.2) is 9.18 Å². The zero-order valence-corrected chi connectivity index (χ0v) is 15.1. The van der Waals surface area contributed by atoms with Crippen molar-refractivity contribution >= 4 is 23.5 Å². The lowest BCUT2D eigenvalue weighted by atomic mass is 9.85. The first-order valence-electron chi connectivity index (χ1n) is 8.52. The van der Waals surface area contributed by atoms with Gasteiger partial charge in [-0.1, -0.05) is 12.1 Å². The molecule has 0 bridgehead atoms. The number of halogens is 4. The third-order valence-corrected chi connectivity index (χ3v) is 4.66. The Bertz CT molecular complexity index is 1060. The van der Waals surface area contributed by atoms with Crippen molar-refractivity contribution in [1.29, 1.82) is 0 Å². The van der Waals surface area contributed by atoms with Crippen molar-refractivity contribution in [3.05, 3.63) is 76.7 Å². The molecular formula is C20H14F4N2O4. The zero-order valence-electron chi connectivity index (χ0n) is 15.1. The molecule has 0 aliphatic carbocycles. The smallest absolute Gasteiger partial charge is 0.417 e. The molecule has 0 fully saturated rings. The van der Waals surface area contributed by atoms with Crippen LogP contribution in [0.3, 0.4) is 0 Å². The molecule has 2 amide bonds. The maximum Gasteiger partial charge on any atom is 0.417 e. The summed E-state index contributed by atoms with van der Waals surface area (Å²) in [5.41, 5.74) is 2.72. The number of carbonyl (C=O) groups excluding carboxylic acids is 2. The molecule has 0 radical (unpaired) electrons. The number of nitrogens with zero attached hydrogens (tertiary/aromatic N) is 1. The second kappa shape index (κ2) is 7.62. The van der Waals surface area contributed by atoms with Crippen molar-refractivity contribution in [2.75, 3.05) is 4.90 Å². The first kappa shape index (κ1) is 21.0. The van der Waals surface area contributed by atoms with Gasteiger partial charge >= 0.3 is 12.1 Å². The van der Waals surface area contributed by atoms with Gasteiger partial charge in [-0.05, 0) is 35.9 Å². The van der Waals surface area contributed by atoms with E-state index in [1.807, 2.05) is 0 Å². The standard InChI is InChI=1S/C20H14F4N2O4/c21-11-3-1-10(2-4-11)14-8-17(27)26(9-15(14)19(29)30)12-5-6-13(18(25)28)16(7-12)20(22,23)24/h1-7,9,14H,8H2,(H2,25,28)(H,29,30)/t14-/m0/s1. The second-order valence-electron chi connectivity index (χ2n) is 6.55. The van der Waals surface area contributed by atoms with Gasteiger partial charge in [0, 0.05) is 24.2 Å². The molecule has 0 saturated heterocycles. The largest absolute Gasteiger partial charge is 0.478 e. The number of aliphatic carboxylic acids is 1. The van der Waals surface area contributed by atoms with Gasteiger partial charge in [-0.2, -0.15) is 13.2 Å². The topological polar surface area (TPSA) is 101 Å². The number of anilines is 1. The van der Waals surface area contributed by atoms with E-state index >= 15 is 0 Å². The van der Waals surface area contributed by atoms with Gasteiger partial charge in [0.05, 0.1) is 16.7 Å². The summed E-state index contributed by atoms with van der Waals surface area (Å²) < 4.78 is 53.1. The summed E-state index contributed by atoms with van der Waals surface area (Å²) in [6.07, 6.45) is -4.35. The Morgan fingerprint density at radius 1 is 1.10 bits per heavy atom. The average Bonchev–Trinajstić information content (AvgIpc) is 2.67. The van der Waals surface area contributed by atoms with E-state index in [1.165, 1.54) is 12.1 Å². The minimum absolute atomic E-state index is 0.256. The van der Waals surface area contributed by atoms with Crippen LogP contribution < -0.4 is 10.6 Å². The summed E-state index contributed by atoms with van der Waals surface area (Å²) in [4.78, 5) is 36.5. The van der Waals surface area contributed by atoms with Gasteiger partial charge < -0.3 is 10.8 Å². The highest BCUT2D eigenvalue weighted by Gasteiger charge is 2.37. The van der Waals surface area contributed by atoms with Crippen LogP contribution in [0.25, 0.3) is 0 Å². The Labute approximate surface area is 167 Å². The summed E-state index contributed by atoms with van der Waals surface area (Å²) in [6.45, 7) is 0. The third kappa shape index (κ3) is 4.02. The molecule has 0 saturated carbocycles. The van der Waals surface area contributed by atoms with Gasteiger partial charge in [-0.3, -0.25) is 14.5 Å². The Hall–Kier alpha value is -3.69. The molecule has 2 aromatic carbocycles. The predicted octanol–water partition coefficient (Wildman–Crippen LogP) is 3.43. The Morgan fingerprint density at radius 2 is 1.73 bits per heavy atom. The van der Waals surface area contributed by atoms with E-state index in [0.29, 0.717) is 11.6 Å². The van der Waals surface area contributed by atoms with Crippen LogP contribution in [0.5, 0.6) is 0 Å². The molecule has 3 N–H and O–H groups in total. The first-order chi connectivity index (χ1) is 14.0. The number of benzene rings is 2. The number of nitrogens with two attached hydrogens (primary N) is 1. The van der Waals surface area contributed by atoms with Crippen molar-refractivity contribution in [3.8, 4) is 0 Å². The molecule has 1 aliphatic rings. The fourth-order valence-corrected chi connectivity index (χ4v) is 3.23. The summed E-state index contributed by atoms with van der Waals surface area (Å²) in [7, 11) is 0. The first-order valence-corrected chi connectivity index (χ1v) is 8.52. The van der Waals surface area contributed by atoms with Gasteiger partial charge in [0.2, 0.25) is 11.8 Å². The minimum atomic E-state index is -4.92. The lowest BCUT2D eigenvalue weighted by molar-refractivity contribution is -0.138. The average molecular weight is 422 g/mol. The number of carbonyl (C=O) groups is 3. The minimum Gasteiger partial charge on any atom is -0.478 e. The summed E-state index contributed by atoms with van der Waals surface area (Å²) in [5, 5.41) is 9.55. The molecule has 30 heavy (non-hydrogen) atoms. The lowest BCUT2D eigenvalue weighted by Crippen LogP contribution is -2.34. The van der Waals surface area contributed by atoms with Gasteiger partial charge in [-0.15, -0.1) is 0 Å². The molecule has 10 heteroatoms. The maximum atomic E-state index is 13.3. The van der Waals surface area contributed by atoms with Crippen molar-refractivity contribution in [2.24, 2.45) is 5.73 Å². The Morgan fingerprint density at radius 3 is 2.27 bits per heavy atom. The van der Waals surface area contributed by atoms with E-state index in [2.05, 4.69) is 0 Å². The van der Waals surface area contributed by atoms with Gasteiger partial charge in [0.1, 0.15) is 5.82 Å². The molecular weight excluding hydrogens is 408 g/mol. The van der Waals surface area contributed by atoms with E-state index in [0.717, 1.165) is 35.4 Å². The highest BCUT2D eigenvalue weighted by molar-refractivity contribution is 6.03. The van der Waals surface area contributed by atoms with Crippen LogP contribution in [0.1, 0.15) is 33.8 Å². The fourth-order valence-electron chi connectivity index (χ4n) is 3.23. The maximum absolute atomic E-state index is 13.3. The van der Waals surface area contributed by atoms with E-state index in [4.69, 9.17) is 5.73 Å². The highest BCUT2D eigenvalue weighted by Crippen LogP contribution is 2.38. The molecule has 1 atom stereocenters. The van der Waals surface area contributed by atoms with Crippen LogP contribution in [0.2, 0.25) is 0 Å². The number of rotatable bonds is 4. The number of carboxylic acids is 1. The molecule has 1 aliphatic heterocycles. The predicted molar refractivity (Wildman–Crippen MR) is 96.9 cm³/mol. The molecule has 0 unspecified atom stereocenters. The molecule has 3 rings (SSSR count). The zero-order chi connectivity index (χ0) is 22.2. The van der Waals surface area contributed by atoms with Crippen LogP contribution in [0.15, 0.2) is 54.2 Å². The van der Waals surface area contributed by atoms with E-state index in [1.54, 1.807) is 0 Å². The van der Waals surface area contributed by atoms with Crippen LogP contribution in [-0.4, -0.2) is 22.9 Å². The number of primary amides is 1. The quantitative estimate of drug-likeness (QED) is 0.738. The van der Waals surface area contributed by atoms with Gasteiger partial charge in [0.15, 0.2) is 0 Å². The van der Waals surface area contributed by atoms with E-state index in [-0.39, 0.29) is 17.7 Å². The van der Waals surface area contributed by atoms with Crippen molar-refractivity contribution in [3.63, 3.8) is 0 Å². The molecule has 6 nitrogen and oxygen atoms in total. The molecule has 156 valence electrons. The lowest BCUT2D eigenvalue weighted by Gasteiger charge is -2.30. The van der Waals surface area contributed by atoms with E-state index < -0.39 is 46.8 Å². The fraction of sp³-hybridized carbons (Fsp3) is 0.150. The van der Waals surface area contributed by atoms with Crippen LogP contribution in [0, 0.1) is 5.82 Å². The second-order valence-corrected chi connectivity index (χ2v) is 6.55. The van der Waals surface area contributed by atoms with Crippen LogP contribution in [-0.2, 0) is 15.8 Å². The monoisotopic (exact) mass is 422 g/mol. The van der Waals surface area contributed by atoms with Crippen LogP contribution >= 0.6 is 0 Å². The molecule has 1 heterocycles. The number of amides is 2. The van der Waals surface area contributed by atoms with Crippen LogP contribution in [0.4, 0.5) is 23.2 Å². The summed E-state index contributed by atoms with van der Waals surface area (Å²) in [6, 6.07) is 7.36. The molecule has 0 aromatic heterocycles. The molecule has 2 aromatic rings. The SMILES string of the molecule is NC(=O)c1ccc(N2C=C(C(=O)O)[C@H](c3ccc(F)cc3)CC2=O)cc1C(F)(F)F. The summed E-state index contributed by atoms with van der Waals surface area (Å²) >= 11 is 0. The Balaban J connectivity index is 2.09. The Kier molecular flexibility index (Phi) is 5.34. The summed E-state index contributed by atoms with van der Waals surface area (Å²) in [5.74, 6) is -4.80. The number of hydrogen-bond acceptors (Lipinski definition) is 3. The molecule has 0 spiro atoms. The van der Waals surface area contributed by atoms with Crippen molar-refractivity contribution in [1.82, 2.24) is 0 Å². The van der Waals surface area contributed by atoms with Crippen molar-refractivity contribution in [2.45, 2.75) is 18.5 Å². The van der Waals surface area contributed by atoms with E-state index in [9.17, 15) is 37.1 Å². The third-order valence-electron chi connectivity index (χ3n) is 4.66. The normalized spacial score (nSPS) is 16.9.